The van der Waals surface area contributed by atoms with Crippen molar-refractivity contribution in [1.29, 1.82) is 0 Å². The van der Waals surface area contributed by atoms with Crippen LogP contribution in [-0.4, -0.2) is 32.8 Å². The molecule has 1 aliphatic heterocycles. The summed E-state index contributed by atoms with van der Waals surface area (Å²) < 4.78 is 2.03. The highest BCUT2D eigenvalue weighted by atomic mass is 15.3. The number of hydrogen-bond donors (Lipinski definition) is 1. The summed E-state index contributed by atoms with van der Waals surface area (Å²) in [5.74, 6) is 0.674. The van der Waals surface area contributed by atoms with Gasteiger partial charge in [-0.1, -0.05) is 6.92 Å². The van der Waals surface area contributed by atoms with Crippen molar-refractivity contribution < 1.29 is 0 Å². The minimum atomic E-state index is 0.674. The zero-order valence-corrected chi connectivity index (χ0v) is 11.9. The van der Waals surface area contributed by atoms with E-state index < -0.39 is 0 Å². The first-order chi connectivity index (χ1) is 9.88. The lowest BCUT2D eigenvalue weighted by Gasteiger charge is -2.12. The van der Waals surface area contributed by atoms with E-state index in [9.17, 15) is 0 Å². The maximum Gasteiger partial charge on any atom is 0.110 e. The van der Waals surface area contributed by atoms with Crippen LogP contribution in [0.3, 0.4) is 0 Å². The molecule has 0 aliphatic carbocycles. The van der Waals surface area contributed by atoms with Crippen LogP contribution in [0.15, 0.2) is 24.7 Å². The maximum absolute atomic E-state index is 4.57. The largest absolute Gasteiger partial charge is 0.316 e. The van der Waals surface area contributed by atoms with Crippen LogP contribution in [0.2, 0.25) is 0 Å². The Bertz CT molecular complexity index is 557. The quantitative estimate of drug-likeness (QED) is 0.902. The van der Waals surface area contributed by atoms with E-state index in [-0.39, 0.29) is 0 Å². The van der Waals surface area contributed by atoms with Gasteiger partial charge in [0.2, 0.25) is 0 Å². The van der Waals surface area contributed by atoms with Crippen molar-refractivity contribution in [3.63, 3.8) is 0 Å². The van der Waals surface area contributed by atoms with Gasteiger partial charge in [0.1, 0.15) is 5.69 Å². The lowest BCUT2D eigenvalue weighted by molar-refractivity contribution is 0.568. The van der Waals surface area contributed by atoms with Gasteiger partial charge in [0, 0.05) is 25.1 Å². The summed E-state index contributed by atoms with van der Waals surface area (Å²) >= 11 is 0. The predicted molar refractivity (Wildman–Crippen MR) is 78.2 cm³/mol. The Kier molecular flexibility index (Phi) is 4.06. The fraction of sp³-hybridized carbons (Fsp3) is 0.533. The van der Waals surface area contributed by atoms with E-state index in [4.69, 9.17) is 0 Å². The predicted octanol–water partition coefficient (Wildman–Crippen LogP) is 1.90. The van der Waals surface area contributed by atoms with Crippen LogP contribution in [-0.2, 0) is 13.0 Å². The number of aromatic nitrogens is 4. The molecule has 0 saturated carbocycles. The summed E-state index contributed by atoms with van der Waals surface area (Å²) in [5.41, 5.74) is 3.17. The molecule has 3 rings (SSSR count). The minimum Gasteiger partial charge on any atom is -0.316 e. The molecule has 0 aromatic carbocycles. The van der Waals surface area contributed by atoms with Crippen molar-refractivity contribution in [1.82, 2.24) is 25.1 Å². The SMILES string of the molecule is CCCn1nccc1-c1nccnc1CC1CCNC1. The van der Waals surface area contributed by atoms with Gasteiger partial charge in [0.05, 0.1) is 11.4 Å². The van der Waals surface area contributed by atoms with Crippen molar-refractivity contribution >= 4 is 0 Å². The molecule has 0 radical (unpaired) electrons. The molecule has 106 valence electrons. The van der Waals surface area contributed by atoms with E-state index >= 15 is 0 Å². The molecule has 5 heteroatoms. The number of rotatable bonds is 5. The monoisotopic (exact) mass is 271 g/mol. The van der Waals surface area contributed by atoms with Crippen molar-refractivity contribution in [2.75, 3.05) is 13.1 Å². The lowest BCUT2D eigenvalue weighted by atomic mass is 10.0. The molecule has 0 amide bonds. The van der Waals surface area contributed by atoms with E-state index in [2.05, 4.69) is 27.3 Å². The highest BCUT2D eigenvalue weighted by Gasteiger charge is 2.19. The van der Waals surface area contributed by atoms with E-state index in [0.717, 1.165) is 49.6 Å². The highest BCUT2D eigenvalue weighted by molar-refractivity contribution is 5.57. The van der Waals surface area contributed by atoms with Crippen LogP contribution in [0.4, 0.5) is 0 Å². The second kappa shape index (κ2) is 6.13. The third-order valence-electron chi connectivity index (χ3n) is 3.81. The summed E-state index contributed by atoms with van der Waals surface area (Å²) in [6.07, 6.45) is 8.70. The average Bonchev–Trinajstić information content (AvgIpc) is 3.12. The Hall–Kier alpha value is -1.75. The molecule has 0 bridgehead atoms. The molecule has 20 heavy (non-hydrogen) atoms. The second-order valence-electron chi connectivity index (χ2n) is 5.35. The van der Waals surface area contributed by atoms with Crippen molar-refractivity contribution in [2.24, 2.45) is 5.92 Å². The smallest absolute Gasteiger partial charge is 0.110 e. The van der Waals surface area contributed by atoms with Crippen LogP contribution in [0.5, 0.6) is 0 Å². The van der Waals surface area contributed by atoms with Crippen molar-refractivity contribution in [2.45, 2.75) is 32.7 Å². The van der Waals surface area contributed by atoms with Crippen molar-refractivity contribution in [3.05, 3.63) is 30.4 Å². The summed E-state index contributed by atoms with van der Waals surface area (Å²) in [6, 6.07) is 2.04. The molecule has 5 nitrogen and oxygen atoms in total. The molecular formula is C15H21N5. The third kappa shape index (κ3) is 2.72. The molecule has 3 heterocycles. The van der Waals surface area contributed by atoms with Crippen LogP contribution in [0.25, 0.3) is 11.4 Å². The highest BCUT2D eigenvalue weighted by Crippen LogP contribution is 2.23. The van der Waals surface area contributed by atoms with Gasteiger partial charge in [-0.15, -0.1) is 0 Å². The van der Waals surface area contributed by atoms with Crippen LogP contribution < -0.4 is 5.32 Å². The molecule has 0 spiro atoms. The number of aryl methyl sites for hydroxylation is 1. The Balaban J connectivity index is 1.90. The van der Waals surface area contributed by atoms with Gasteiger partial charge < -0.3 is 5.32 Å². The van der Waals surface area contributed by atoms with Gasteiger partial charge in [-0.05, 0) is 44.3 Å². The zero-order chi connectivity index (χ0) is 13.8. The molecule has 1 atom stereocenters. The van der Waals surface area contributed by atoms with Gasteiger partial charge in [0.25, 0.3) is 0 Å². The topological polar surface area (TPSA) is 55.6 Å². The fourth-order valence-corrected chi connectivity index (χ4v) is 2.82. The van der Waals surface area contributed by atoms with E-state index in [1.165, 1.54) is 6.42 Å². The van der Waals surface area contributed by atoms with E-state index in [1.54, 1.807) is 12.4 Å². The van der Waals surface area contributed by atoms with Gasteiger partial charge in [-0.2, -0.15) is 5.10 Å². The van der Waals surface area contributed by atoms with E-state index in [1.807, 2.05) is 16.9 Å². The summed E-state index contributed by atoms with van der Waals surface area (Å²) in [7, 11) is 0. The standard InChI is InChI=1S/C15H21N5/c1-2-9-20-14(4-6-19-20)15-13(17-7-8-18-15)10-12-3-5-16-11-12/h4,6-8,12,16H,2-3,5,9-11H2,1H3. The van der Waals surface area contributed by atoms with Gasteiger partial charge in [-0.3, -0.25) is 14.6 Å². The average molecular weight is 271 g/mol. The molecule has 2 aromatic rings. The van der Waals surface area contributed by atoms with Crippen LogP contribution in [0, 0.1) is 5.92 Å². The summed E-state index contributed by atoms with van der Waals surface area (Å²) in [5, 5.41) is 7.80. The maximum atomic E-state index is 4.57. The molecular weight excluding hydrogens is 250 g/mol. The Morgan fingerprint density at radius 1 is 1.30 bits per heavy atom. The first-order valence-electron chi connectivity index (χ1n) is 7.41. The minimum absolute atomic E-state index is 0.674. The Morgan fingerprint density at radius 3 is 3.00 bits per heavy atom. The van der Waals surface area contributed by atoms with Gasteiger partial charge in [-0.25, -0.2) is 0 Å². The van der Waals surface area contributed by atoms with Crippen LogP contribution in [0.1, 0.15) is 25.5 Å². The normalized spacial score (nSPS) is 18.6. The third-order valence-corrected chi connectivity index (χ3v) is 3.81. The van der Waals surface area contributed by atoms with Crippen molar-refractivity contribution in [3.8, 4) is 11.4 Å². The number of hydrogen-bond acceptors (Lipinski definition) is 4. The number of nitrogens with one attached hydrogen (secondary N) is 1. The first kappa shape index (κ1) is 13.2. The molecule has 1 saturated heterocycles. The lowest BCUT2D eigenvalue weighted by Crippen LogP contribution is -2.13. The Labute approximate surface area is 119 Å². The molecule has 1 unspecified atom stereocenters. The summed E-state index contributed by atoms with van der Waals surface area (Å²) in [4.78, 5) is 9.13. The molecule has 1 fully saturated rings. The zero-order valence-electron chi connectivity index (χ0n) is 11.9. The van der Waals surface area contributed by atoms with E-state index in [0.29, 0.717) is 5.92 Å². The van der Waals surface area contributed by atoms with Crippen LogP contribution >= 0.6 is 0 Å². The Morgan fingerprint density at radius 2 is 2.20 bits per heavy atom. The molecule has 1 aliphatic rings. The molecule has 1 N–H and O–H groups in total. The number of nitrogens with zero attached hydrogens (tertiary/aromatic N) is 4. The first-order valence-corrected chi connectivity index (χ1v) is 7.41. The second-order valence-corrected chi connectivity index (χ2v) is 5.35. The fourth-order valence-electron chi connectivity index (χ4n) is 2.82. The molecule has 2 aromatic heterocycles. The summed E-state index contributed by atoms with van der Waals surface area (Å²) in [6.45, 7) is 5.29. The van der Waals surface area contributed by atoms with Gasteiger partial charge >= 0.3 is 0 Å². The van der Waals surface area contributed by atoms with Gasteiger partial charge in [0.15, 0.2) is 0 Å².